The Morgan fingerprint density at radius 1 is 1.21 bits per heavy atom. The lowest BCUT2D eigenvalue weighted by molar-refractivity contribution is -0.138. The van der Waals surface area contributed by atoms with Crippen LogP contribution in [0.1, 0.15) is 38.2 Å². The molecule has 4 rings (SSSR count). The molecule has 3 aliphatic rings. The molecule has 0 aromatic heterocycles. The number of anilines is 1. The number of halogens is 3. The van der Waals surface area contributed by atoms with E-state index in [2.05, 4.69) is 4.90 Å². The predicted octanol–water partition coefficient (Wildman–Crippen LogP) is 2.99. The molecule has 1 amide bonds. The number of hydrogen-bond acceptors (Lipinski definition) is 5. The summed E-state index contributed by atoms with van der Waals surface area (Å²) in [6.07, 6.45) is -0.696. The van der Waals surface area contributed by atoms with Crippen LogP contribution in [0.25, 0.3) is 0 Å². The van der Waals surface area contributed by atoms with E-state index >= 15 is 0 Å². The number of piperazine rings is 1. The minimum atomic E-state index is -4.42. The fraction of sp³-hybridized carbons (Fsp3) is 0.708. The van der Waals surface area contributed by atoms with E-state index in [1.165, 1.54) is 6.07 Å². The highest BCUT2D eigenvalue weighted by Crippen LogP contribution is 2.53. The zero-order valence-corrected chi connectivity index (χ0v) is 19.4. The summed E-state index contributed by atoms with van der Waals surface area (Å²) in [6, 6.07) is 4.49. The topological polar surface area (TPSA) is 56.3 Å². The van der Waals surface area contributed by atoms with Gasteiger partial charge in [0.25, 0.3) is 0 Å². The Labute approximate surface area is 193 Å². The lowest BCUT2D eigenvalue weighted by Gasteiger charge is -2.44. The number of nitrogens with zero attached hydrogens (tertiary/aromatic N) is 3. The Hall–Kier alpha value is -1.84. The van der Waals surface area contributed by atoms with Crippen molar-refractivity contribution in [1.29, 1.82) is 0 Å². The normalized spacial score (nSPS) is 26.7. The molecule has 2 saturated heterocycles. The van der Waals surface area contributed by atoms with Crippen molar-refractivity contribution in [2.75, 3.05) is 51.3 Å². The Morgan fingerprint density at radius 3 is 2.61 bits per heavy atom. The molecule has 1 aromatic carbocycles. The Balaban J connectivity index is 1.38. The van der Waals surface area contributed by atoms with Gasteiger partial charge < -0.3 is 24.5 Å². The van der Waals surface area contributed by atoms with Crippen molar-refractivity contribution in [3.63, 3.8) is 0 Å². The van der Waals surface area contributed by atoms with Crippen molar-refractivity contribution in [1.82, 2.24) is 9.80 Å². The second kappa shape index (κ2) is 9.43. The van der Waals surface area contributed by atoms with Gasteiger partial charge in [0.15, 0.2) is 0 Å². The number of aliphatic hydroxyl groups is 1. The second-order valence-electron chi connectivity index (χ2n) is 9.78. The maximum Gasteiger partial charge on any atom is 0.416 e. The molecule has 1 spiro atoms. The number of amides is 1. The molecule has 3 unspecified atom stereocenters. The standard InChI is InChI=1S/C24H34F3N3O3/c1-17-22(32)30(13-12-29(17)19-5-3-4-18(14-19)24(25,26)27)20(16-33-2)6-10-28-11-9-23(7-8-23)21(31)15-28/h3-5,14,17,20-21,31H,6-13,15-16H2,1-2H3. The van der Waals surface area contributed by atoms with Gasteiger partial charge >= 0.3 is 6.18 Å². The number of benzene rings is 1. The highest BCUT2D eigenvalue weighted by molar-refractivity contribution is 5.86. The number of carbonyl (C=O) groups is 1. The maximum atomic E-state index is 13.3. The number of aliphatic hydroxyl groups excluding tert-OH is 1. The third-order valence-electron chi connectivity index (χ3n) is 7.73. The number of carbonyl (C=O) groups excluding carboxylic acids is 1. The summed E-state index contributed by atoms with van der Waals surface area (Å²) in [7, 11) is 1.61. The smallest absolute Gasteiger partial charge is 0.391 e. The van der Waals surface area contributed by atoms with Gasteiger partial charge in [-0.25, -0.2) is 0 Å². The average molecular weight is 470 g/mol. The zero-order valence-electron chi connectivity index (χ0n) is 19.4. The molecule has 3 fully saturated rings. The van der Waals surface area contributed by atoms with Gasteiger partial charge in [0, 0.05) is 39.0 Å². The van der Waals surface area contributed by atoms with Crippen LogP contribution in [0, 0.1) is 5.41 Å². The van der Waals surface area contributed by atoms with Gasteiger partial charge in [-0.2, -0.15) is 13.2 Å². The van der Waals surface area contributed by atoms with Crippen molar-refractivity contribution in [2.45, 2.75) is 57.0 Å². The van der Waals surface area contributed by atoms with E-state index in [4.69, 9.17) is 4.74 Å². The predicted molar refractivity (Wildman–Crippen MR) is 119 cm³/mol. The number of hydrogen-bond donors (Lipinski definition) is 1. The second-order valence-corrected chi connectivity index (χ2v) is 9.78. The molecular formula is C24H34F3N3O3. The average Bonchev–Trinajstić information content (AvgIpc) is 3.56. The van der Waals surface area contributed by atoms with Gasteiger partial charge in [-0.1, -0.05) is 6.07 Å². The van der Waals surface area contributed by atoms with E-state index in [0.29, 0.717) is 31.9 Å². The molecular weight excluding hydrogens is 435 g/mol. The van der Waals surface area contributed by atoms with Gasteiger partial charge in [-0.3, -0.25) is 4.79 Å². The zero-order chi connectivity index (χ0) is 23.8. The summed E-state index contributed by atoms with van der Waals surface area (Å²) < 4.78 is 44.8. The Bertz CT molecular complexity index is 846. The number of rotatable bonds is 7. The monoisotopic (exact) mass is 469 g/mol. The molecule has 184 valence electrons. The minimum absolute atomic E-state index is 0.101. The first kappa shape index (κ1) is 24.3. The maximum absolute atomic E-state index is 13.3. The SMILES string of the molecule is COCC(CCN1CCC2(CC2)C(O)C1)N1CCN(c2cccc(C(F)(F)F)c2)C(C)C1=O. The summed E-state index contributed by atoms with van der Waals surface area (Å²) in [6.45, 7) is 5.45. The molecule has 1 aliphatic carbocycles. The number of β-amino-alcohol motifs (C(OH)–C–C–N with tert-alkyl or cyclic N) is 1. The molecule has 2 aliphatic heterocycles. The summed E-state index contributed by atoms with van der Waals surface area (Å²) >= 11 is 0. The van der Waals surface area contributed by atoms with Crippen LogP contribution in [-0.4, -0.2) is 85.4 Å². The lowest BCUT2D eigenvalue weighted by atomic mass is 9.90. The van der Waals surface area contributed by atoms with Crippen LogP contribution in [0.5, 0.6) is 0 Å². The third-order valence-corrected chi connectivity index (χ3v) is 7.73. The van der Waals surface area contributed by atoms with E-state index in [0.717, 1.165) is 50.9 Å². The molecule has 1 N–H and O–H groups in total. The number of alkyl halides is 3. The van der Waals surface area contributed by atoms with Gasteiger partial charge in [0.05, 0.1) is 24.3 Å². The summed E-state index contributed by atoms with van der Waals surface area (Å²) in [5, 5.41) is 10.5. The van der Waals surface area contributed by atoms with Crippen LogP contribution in [0.3, 0.4) is 0 Å². The van der Waals surface area contributed by atoms with E-state index in [-0.39, 0.29) is 23.5 Å². The molecule has 3 atom stereocenters. The Morgan fingerprint density at radius 2 is 1.97 bits per heavy atom. The summed E-state index contributed by atoms with van der Waals surface area (Å²) in [5.41, 5.74) is -0.144. The van der Waals surface area contributed by atoms with Crippen LogP contribution in [0.4, 0.5) is 18.9 Å². The highest BCUT2D eigenvalue weighted by Gasteiger charge is 2.51. The van der Waals surface area contributed by atoms with Crippen LogP contribution in [0.15, 0.2) is 24.3 Å². The number of piperidine rings is 1. The van der Waals surface area contributed by atoms with E-state index in [1.807, 2.05) is 4.90 Å². The molecule has 0 radical (unpaired) electrons. The summed E-state index contributed by atoms with van der Waals surface area (Å²) in [4.78, 5) is 19.1. The first-order valence-electron chi connectivity index (χ1n) is 11.8. The number of ether oxygens (including phenoxy) is 1. The van der Waals surface area contributed by atoms with Crippen molar-refractivity contribution < 1.29 is 27.8 Å². The van der Waals surface area contributed by atoms with Gasteiger partial charge in [0.1, 0.15) is 6.04 Å². The first-order valence-corrected chi connectivity index (χ1v) is 11.8. The fourth-order valence-electron chi connectivity index (χ4n) is 5.35. The van der Waals surface area contributed by atoms with E-state index < -0.39 is 17.8 Å². The van der Waals surface area contributed by atoms with E-state index in [9.17, 15) is 23.1 Å². The lowest BCUT2D eigenvalue weighted by Crippen LogP contribution is -2.60. The molecule has 33 heavy (non-hydrogen) atoms. The van der Waals surface area contributed by atoms with Gasteiger partial charge in [-0.05, 0) is 62.8 Å². The molecule has 9 heteroatoms. The van der Waals surface area contributed by atoms with Crippen molar-refractivity contribution in [3.05, 3.63) is 29.8 Å². The highest BCUT2D eigenvalue weighted by atomic mass is 19.4. The van der Waals surface area contributed by atoms with Crippen LogP contribution < -0.4 is 4.90 Å². The quantitative estimate of drug-likeness (QED) is 0.666. The van der Waals surface area contributed by atoms with Crippen LogP contribution in [-0.2, 0) is 15.7 Å². The summed E-state index contributed by atoms with van der Waals surface area (Å²) in [5.74, 6) is -0.101. The Kier molecular flexibility index (Phi) is 6.94. The number of methoxy groups -OCH3 is 1. The van der Waals surface area contributed by atoms with E-state index in [1.54, 1.807) is 25.0 Å². The number of likely N-dealkylation sites (tertiary alicyclic amines) is 1. The van der Waals surface area contributed by atoms with Gasteiger partial charge in [-0.15, -0.1) is 0 Å². The third kappa shape index (κ3) is 5.15. The molecule has 1 aromatic rings. The largest absolute Gasteiger partial charge is 0.416 e. The van der Waals surface area contributed by atoms with Crippen molar-refractivity contribution in [3.8, 4) is 0 Å². The first-order chi connectivity index (χ1) is 15.6. The minimum Gasteiger partial charge on any atom is -0.391 e. The fourth-order valence-corrected chi connectivity index (χ4v) is 5.35. The molecule has 6 nitrogen and oxygen atoms in total. The van der Waals surface area contributed by atoms with Gasteiger partial charge in [0.2, 0.25) is 5.91 Å². The molecule has 0 bridgehead atoms. The van der Waals surface area contributed by atoms with Crippen molar-refractivity contribution >= 4 is 11.6 Å². The van der Waals surface area contributed by atoms with Crippen molar-refractivity contribution in [2.24, 2.45) is 5.41 Å². The van der Waals surface area contributed by atoms with Crippen LogP contribution in [0.2, 0.25) is 0 Å². The molecule has 2 heterocycles. The van der Waals surface area contributed by atoms with Crippen LogP contribution >= 0.6 is 0 Å². The molecule has 1 saturated carbocycles.